The molecule has 2 aromatic carbocycles. The minimum Gasteiger partial charge on any atom is -0.490 e. The number of aromatic amines is 1. The van der Waals surface area contributed by atoms with Gasteiger partial charge in [0.2, 0.25) is 0 Å². The van der Waals surface area contributed by atoms with Gasteiger partial charge in [-0.3, -0.25) is 14.6 Å². The summed E-state index contributed by atoms with van der Waals surface area (Å²) in [6, 6.07) is 10.6. The second-order valence-corrected chi connectivity index (χ2v) is 11.5. The number of methoxy groups -OCH3 is 1. The van der Waals surface area contributed by atoms with Crippen molar-refractivity contribution in [1.29, 1.82) is 0 Å². The number of hydrogen-bond donors (Lipinski definition) is 2. The highest BCUT2D eigenvalue weighted by atomic mass is 35.5. The first-order valence-electron chi connectivity index (χ1n) is 13.7. The molecule has 9 nitrogen and oxygen atoms in total. The van der Waals surface area contributed by atoms with Gasteiger partial charge in [0.25, 0.3) is 11.5 Å². The molecule has 0 spiro atoms. The SMILES string of the molecule is COCCOc1cc(F)cc(F)c1-c1c(-c2cc([C@@H](C)NC(=O)C(F)Cl)[nH]n2)nc(-c2ccc3c(cnn3C)c2)c2ccsc12. The zero-order chi connectivity index (χ0) is 31.8. The lowest BCUT2D eigenvalue weighted by atomic mass is 9.96. The normalized spacial score (nSPS) is 13.0. The number of aryl methyl sites for hydroxylation is 1. The van der Waals surface area contributed by atoms with E-state index in [0.29, 0.717) is 27.3 Å². The van der Waals surface area contributed by atoms with Crippen LogP contribution >= 0.6 is 22.9 Å². The van der Waals surface area contributed by atoms with Gasteiger partial charge >= 0.3 is 0 Å². The number of pyridine rings is 1. The van der Waals surface area contributed by atoms with Crippen LogP contribution in [0.5, 0.6) is 5.75 Å². The number of alkyl halides is 2. The Morgan fingerprint density at radius 2 is 1.96 bits per heavy atom. The van der Waals surface area contributed by atoms with E-state index in [1.807, 2.05) is 36.7 Å². The molecule has 0 bridgehead atoms. The molecule has 4 heterocycles. The van der Waals surface area contributed by atoms with Crippen molar-refractivity contribution in [2.24, 2.45) is 7.05 Å². The van der Waals surface area contributed by atoms with E-state index in [1.165, 1.54) is 18.4 Å². The van der Waals surface area contributed by atoms with E-state index in [2.05, 4.69) is 20.6 Å². The Balaban J connectivity index is 1.60. The summed E-state index contributed by atoms with van der Waals surface area (Å²) in [5.74, 6) is -2.69. The largest absolute Gasteiger partial charge is 0.490 e. The van der Waals surface area contributed by atoms with Crippen LogP contribution in [0.2, 0.25) is 0 Å². The molecule has 2 N–H and O–H groups in total. The van der Waals surface area contributed by atoms with E-state index in [4.69, 9.17) is 26.1 Å². The maximum absolute atomic E-state index is 15.9. The van der Waals surface area contributed by atoms with Gasteiger partial charge in [-0.1, -0.05) is 17.7 Å². The first-order valence-corrected chi connectivity index (χ1v) is 15.1. The van der Waals surface area contributed by atoms with Crippen LogP contribution in [0.4, 0.5) is 13.2 Å². The lowest BCUT2D eigenvalue weighted by Crippen LogP contribution is -2.31. The van der Waals surface area contributed by atoms with Crippen LogP contribution in [0.3, 0.4) is 0 Å². The molecule has 232 valence electrons. The fourth-order valence-electron chi connectivity index (χ4n) is 5.15. The van der Waals surface area contributed by atoms with Crippen molar-refractivity contribution in [3.05, 3.63) is 71.4 Å². The zero-order valence-electron chi connectivity index (χ0n) is 24.2. The van der Waals surface area contributed by atoms with Crippen molar-refractivity contribution in [3.63, 3.8) is 0 Å². The second kappa shape index (κ2) is 12.5. The maximum Gasteiger partial charge on any atom is 0.270 e. The summed E-state index contributed by atoms with van der Waals surface area (Å²) in [6.07, 6.45) is 1.76. The summed E-state index contributed by atoms with van der Waals surface area (Å²) in [7, 11) is 3.35. The average molecular weight is 655 g/mol. The molecule has 0 aliphatic carbocycles. The Morgan fingerprint density at radius 3 is 2.73 bits per heavy atom. The monoisotopic (exact) mass is 654 g/mol. The Labute approximate surface area is 263 Å². The Morgan fingerprint density at radius 1 is 1.13 bits per heavy atom. The quantitative estimate of drug-likeness (QED) is 0.123. The highest BCUT2D eigenvalue weighted by Gasteiger charge is 2.27. The van der Waals surface area contributed by atoms with Crippen molar-refractivity contribution < 1.29 is 27.4 Å². The molecule has 1 amide bonds. The summed E-state index contributed by atoms with van der Waals surface area (Å²) in [4.78, 5) is 17.0. The lowest BCUT2D eigenvalue weighted by Gasteiger charge is -2.17. The summed E-state index contributed by atoms with van der Waals surface area (Å²) in [5.41, 5.74) is 1.45. The molecule has 1 unspecified atom stereocenters. The van der Waals surface area contributed by atoms with E-state index in [0.717, 1.165) is 34.0 Å². The van der Waals surface area contributed by atoms with E-state index in [9.17, 15) is 13.6 Å². The van der Waals surface area contributed by atoms with Gasteiger partial charge in [0.1, 0.15) is 35.4 Å². The fraction of sp³-hybridized carbons (Fsp3) is 0.226. The number of aromatic nitrogens is 5. The summed E-state index contributed by atoms with van der Waals surface area (Å²) >= 11 is 6.65. The Hall–Kier alpha value is -4.46. The maximum atomic E-state index is 15.9. The summed E-state index contributed by atoms with van der Waals surface area (Å²) in [5, 5.41) is 17.6. The second-order valence-electron chi connectivity index (χ2n) is 10.2. The molecule has 14 heteroatoms. The van der Waals surface area contributed by atoms with Crippen molar-refractivity contribution >= 4 is 49.8 Å². The number of benzene rings is 2. The summed E-state index contributed by atoms with van der Waals surface area (Å²) in [6.45, 7) is 1.87. The fourth-order valence-corrected chi connectivity index (χ4v) is 6.16. The zero-order valence-corrected chi connectivity index (χ0v) is 25.8. The molecule has 2 atom stereocenters. The van der Waals surface area contributed by atoms with Crippen LogP contribution in [0, 0.1) is 11.6 Å². The highest BCUT2D eigenvalue weighted by molar-refractivity contribution is 7.18. The van der Waals surface area contributed by atoms with E-state index in [1.54, 1.807) is 23.9 Å². The predicted octanol–water partition coefficient (Wildman–Crippen LogP) is 6.92. The molecule has 0 saturated heterocycles. The number of rotatable bonds is 10. The number of thiophene rings is 1. The van der Waals surface area contributed by atoms with Gasteiger partial charge in [0, 0.05) is 52.9 Å². The van der Waals surface area contributed by atoms with Crippen molar-refractivity contribution in [2.45, 2.75) is 18.6 Å². The van der Waals surface area contributed by atoms with Crippen LogP contribution in [0.15, 0.2) is 54.0 Å². The van der Waals surface area contributed by atoms with Crippen LogP contribution in [0.25, 0.3) is 54.8 Å². The number of halogens is 4. The standard InChI is InChI=1S/C31H26ClF3N6O3S/c1-15(37-31(42)30(32)35)21-13-22(40-39-21)28-26(25-20(34)11-18(33)12-24(25)44-8-7-43-3)29-19(6-9-45-29)27(38-28)16-4-5-23-17(10-16)14-36-41(23)2/h4-6,9-15,30H,7-8H2,1-3H3,(H,37,42)(H,39,40)/t15-,30?/m1/s1. The first-order chi connectivity index (χ1) is 21.7. The minimum absolute atomic E-state index is 0.00465. The van der Waals surface area contributed by atoms with Gasteiger partial charge in [0.15, 0.2) is 0 Å². The van der Waals surface area contributed by atoms with Crippen LogP contribution in [-0.4, -0.2) is 56.8 Å². The Bertz CT molecular complexity index is 2040. The average Bonchev–Trinajstić information content (AvgIpc) is 3.77. The molecule has 4 aromatic heterocycles. The molecule has 0 fully saturated rings. The third-order valence-electron chi connectivity index (χ3n) is 7.31. The van der Waals surface area contributed by atoms with Gasteiger partial charge in [-0.25, -0.2) is 18.2 Å². The number of nitrogens with zero attached hydrogens (tertiary/aromatic N) is 4. The number of fused-ring (bicyclic) bond motifs is 2. The molecule has 45 heavy (non-hydrogen) atoms. The van der Waals surface area contributed by atoms with Crippen molar-refractivity contribution in [3.8, 4) is 39.5 Å². The number of nitrogens with one attached hydrogen (secondary N) is 2. The molecule has 6 aromatic rings. The van der Waals surface area contributed by atoms with E-state index < -0.39 is 29.2 Å². The lowest BCUT2D eigenvalue weighted by molar-refractivity contribution is -0.124. The number of ether oxygens (including phenoxy) is 2. The van der Waals surface area contributed by atoms with Gasteiger partial charge in [-0.05, 0) is 36.6 Å². The van der Waals surface area contributed by atoms with E-state index in [-0.39, 0.29) is 30.2 Å². The molecule has 6 rings (SSSR count). The number of amides is 1. The molecule has 0 radical (unpaired) electrons. The highest BCUT2D eigenvalue weighted by Crippen LogP contribution is 2.47. The van der Waals surface area contributed by atoms with Crippen LogP contribution < -0.4 is 10.1 Å². The van der Waals surface area contributed by atoms with Gasteiger partial charge < -0.3 is 14.8 Å². The summed E-state index contributed by atoms with van der Waals surface area (Å²) < 4.78 is 57.1. The number of carbonyl (C=O) groups is 1. The smallest absolute Gasteiger partial charge is 0.270 e. The molecule has 0 aliphatic rings. The molecular formula is C31H26ClF3N6O3S. The molecule has 0 aliphatic heterocycles. The Kier molecular flexibility index (Phi) is 8.49. The third kappa shape index (κ3) is 5.86. The van der Waals surface area contributed by atoms with Gasteiger partial charge in [-0.2, -0.15) is 10.2 Å². The minimum atomic E-state index is -2.22. The predicted molar refractivity (Wildman–Crippen MR) is 167 cm³/mol. The molecule has 0 saturated carbocycles. The van der Waals surface area contributed by atoms with Crippen molar-refractivity contribution in [1.82, 2.24) is 30.3 Å². The number of H-pyrrole nitrogens is 1. The van der Waals surface area contributed by atoms with Gasteiger partial charge in [-0.15, -0.1) is 11.3 Å². The van der Waals surface area contributed by atoms with Crippen LogP contribution in [-0.2, 0) is 16.6 Å². The third-order valence-corrected chi connectivity index (χ3v) is 8.44. The number of hydrogen-bond acceptors (Lipinski definition) is 7. The van der Waals surface area contributed by atoms with Gasteiger partial charge in [0.05, 0.1) is 41.3 Å². The molecular weight excluding hydrogens is 629 g/mol. The number of carbonyl (C=O) groups excluding carboxylic acids is 1. The van der Waals surface area contributed by atoms with E-state index >= 15 is 4.39 Å². The van der Waals surface area contributed by atoms with Crippen LogP contribution in [0.1, 0.15) is 18.7 Å². The van der Waals surface area contributed by atoms with Crippen molar-refractivity contribution in [2.75, 3.05) is 20.3 Å². The topological polar surface area (TPSA) is 107 Å². The first kappa shape index (κ1) is 30.6.